The Labute approximate surface area is 229 Å². The van der Waals surface area contributed by atoms with Crippen LogP contribution in [0.15, 0.2) is 76.6 Å². The number of guanidine groups is 1. The summed E-state index contributed by atoms with van der Waals surface area (Å²) in [7, 11) is -4.08. The Hall–Kier alpha value is -4.48. The molecule has 40 heavy (non-hydrogen) atoms. The SMILES string of the molecule is NC(N)=Nc1ccccc1-c1ccc(C(=O)NC[C@H](NS(=O)(=O)c2ccccc2)C(=O)O)s1.O=C(O)C(F)(F)F. The number of aliphatic carboxylic acids is 2. The van der Waals surface area contributed by atoms with Crippen LogP contribution in [0.4, 0.5) is 18.9 Å². The summed E-state index contributed by atoms with van der Waals surface area (Å²) >= 11 is 1.16. The number of carbonyl (C=O) groups excluding carboxylic acids is 1. The molecule has 0 aliphatic rings. The quantitative estimate of drug-likeness (QED) is 0.156. The summed E-state index contributed by atoms with van der Waals surface area (Å²) in [6.45, 7) is -0.446. The predicted octanol–water partition coefficient (Wildman–Crippen LogP) is 2.11. The van der Waals surface area contributed by atoms with E-state index in [0.717, 1.165) is 16.2 Å². The van der Waals surface area contributed by atoms with Gasteiger partial charge in [-0.05, 0) is 30.3 Å². The van der Waals surface area contributed by atoms with E-state index < -0.39 is 46.6 Å². The highest BCUT2D eigenvalue weighted by molar-refractivity contribution is 7.89. The minimum atomic E-state index is -5.08. The van der Waals surface area contributed by atoms with Gasteiger partial charge in [-0.15, -0.1) is 11.3 Å². The van der Waals surface area contributed by atoms with Crippen LogP contribution in [0.25, 0.3) is 10.4 Å². The molecule has 1 heterocycles. The topological polar surface area (TPSA) is 214 Å². The number of sulfonamides is 1. The van der Waals surface area contributed by atoms with Crippen molar-refractivity contribution in [3.63, 3.8) is 0 Å². The fourth-order valence-corrected chi connectivity index (χ4v) is 5.01. The smallest absolute Gasteiger partial charge is 0.480 e. The Morgan fingerprint density at radius 3 is 2.08 bits per heavy atom. The van der Waals surface area contributed by atoms with E-state index >= 15 is 0 Å². The third-order valence-electron chi connectivity index (χ3n) is 4.61. The molecule has 1 amide bonds. The lowest BCUT2D eigenvalue weighted by atomic mass is 10.1. The first kappa shape index (κ1) is 31.7. The molecule has 3 rings (SSSR count). The number of carbonyl (C=O) groups is 3. The van der Waals surface area contributed by atoms with Crippen molar-refractivity contribution in [2.75, 3.05) is 6.54 Å². The number of rotatable bonds is 9. The van der Waals surface area contributed by atoms with Gasteiger partial charge in [0.15, 0.2) is 5.96 Å². The van der Waals surface area contributed by atoms with Crippen molar-refractivity contribution in [3.05, 3.63) is 71.6 Å². The van der Waals surface area contributed by atoms with Gasteiger partial charge in [-0.2, -0.15) is 17.9 Å². The highest BCUT2D eigenvalue weighted by Gasteiger charge is 2.38. The van der Waals surface area contributed by atoms with E-state index in [1.807, 2.05) is 0 Å². The molecule has 0 spiro atoms. The van der Waals surface area contributed by atoms with Gasteiger partial charge in [-0.25, -0.2) is 18.2 Å². The highest BCUT2D eigenvalue weighted by atomic mass is 32.2. The van der Waals surface area contributed by atoms with Crippen LogP contribution in [0.1, 0.15) is 9.67 Å². The van der Waals surface area contributed by atoms with Crippen molar-refractivity contribution in [1.82, 2.24) is 10.0 Å². The first-order valence-electron chi connectivity index (χ1n) is 10.8. The van der Waals surface area contributed by atoms with Gasteiger partial charge in [0.05, 0.1) is 15.5 Å². The van der Waals surface area contributed by atoms with Gasteiger partial charge in [0.2, 0.25) is 10.0 Å². The van der Waals surface area contributed by atoms with Crippen LogP contribution in [0, 0.1) is 0 Å². The van der Waals surface area contributed by atoms with Crippen LogP contribution < -0.4 is 21.5 Å². The molecule has 1 atom stereocenters. The maximum atomic E-state index is 12.6. The summed E-state index contributed by atoms with van der Waals surface area (Å²) in [6, 6.07) is 16.2. The van der Waals surface area contributed by atoms with E-state index in [1.54, 1.807) is 42.5 Å². The molecule has 0 aliphatic heterocycles. The van der Waals surface area contributed by atoms with Gasteiger partial charge in [0.1, 0.15) is 6.04 Å². The van der Waals surface area contributed by atoms with Gasteiger partial charge < -0.3 is 27.0 Å². The maximum Gasteiger partial charge on any atom is 0.490 e. The summed E-state index contributed by atoms with van der Waals surface area (Å²) in [6.07, 6.45) is -5.08. The van der Waals surface area contributed by atoms with E-state index in [4.69, 9.17) is 21.4 Å². The van der Waals surface area contributed by atoms with Crippen molar-refractivity contribution in [1.29, 1.82) is 0 Å². The van der Waals surface area contributed by atoms with Crippen molar-refractivity contribution < 1.29 is 46.2 Å². The molecule has 3 aromatic rings. The first-order valence-corrected chi connectivity index (χ1v) is 13.1. The Morgan fingerprint density at radius 2 is 1.52 bits per heavy atom. The zero-order valence-electron chi connectivity index (χ0n) is 20.1. The number of alkyl halides is 3. The fraction of sp³-hybridized carbons (Fsp3) is 0.130. The number of hydrogen-bond acceptors (Lipinski definition) is 7. The number of nitrogens with two attached hydrogens (primary N) is 2. The number of carboxylic acids is 2. The summed E-state index contributed by atoms with van der Waals surface area (Å²) in [5.41, 5.74) is 12.2. The maximum absolute atomic E-state index is 12.6. The normalized spacial score (nSPS) is 11.9. The minimum absolute atomic E-state index is 0.0788. The summed E-state index contributed by atoms with van der Waals surface area (Å²) < 4.78 is 58.7. The number of aliphatic imine (C=N–C) groups is 1. The summed E-state index contributed by atoms with van der Waals surface area (Å²) in [5.74, 6) is -4.83. The molecule has 0 bridgehead atoms. The second kappa shape index (κ2) is 13.5. The number of benzene rings is 2. The molecule has 8 N–H and O–H groups in total. The minimum Gasteiger partial charge on any atom is -0.480 e. The number of nitrogens with zero attached hydrogens (tertiary/aromatic N) is 1. The molecule has 2 aromatic carbocycles. The highest BCUT2D eigenvalue weighted by Crippen LogP contribution is 2.35. The van der Waals surface area contributed by atoms with Crippen LogP contribution in [0.5, 0.6) is 0 Å². The molecule has 0 radical (unpaired) electrons. The summed E-state index contributed by atoms with van der Waals surface area (Å²) in [4.78, 5) is 38.1. The standard InChI is InChI=1S/C21H21N5O5S2.C2HF3O2/c22-21(23)25-15-9-5-4-8-14(15)17-10-11-18(32-17)19(27)24-12-16(20(28)29)26-33(30,31)13-6-2-1-3-7-13;3-2(4,5)1(6)7/h1-11,16,26H,12H2,(H,24,27)(H,28,29)(H4,22,23,25);(H,6,7)/t16-;/m0./s1. The van der Waals surface area contributed by atoms with Gasteiger partial charge in [0.25, 0.3) is 5.91 Å². The largest absolute Gasteiger partial charge is 0.490 e. The average molecular weight is 602 g/mol. The van der Waals surface area contributed by atoms with Crippen LogP contribution in [-0.2, 0) is 19.6 Å². The fourth-order valence-electron chi connectivity index (χ4n) is 2.84. The number of nitrogens with one attached hydrogen (secondary N) is 2. The van der Waals surface area contributed by atoms with E-state index in [0.29, 0.717) is 16.1 Å². The summed E-state index contributed by atoms with van der Waals surface area (Å²) in [5, 5.41) is 19.0. The molecule has 0 fully saturated rings. The molecule has 214 valence electrons. The van der Waals surface area contributed by atoms with Gasteiger partial charge >= 0.3 is 18.1 Å². The zero-order valence-corrected chi connectivity index (χ0v) is 21.8. The molecular weight excluding hydrogens is 579 g/mol. The lowest BCUT2D eigenvalue weighted by Crippen LogP contribution is -2.48. The second-order valence-corrected chi connectivity index (χ2v) is 10.4. The average Bonchev–Trinajstić information content (AvgIpc) is 3.37. The Morgan fingerprint density at radius 1 is 0.950 bits per heavy atom. The van der Waals surface area contributed by atoms with Crippen molar-refractivity contribution >= 4 is 50.9 Å². The second-order valence-electron chi connectivity index (χ2n) is 7.56. The molecule has 12 nitrogen and oxygen atoms in total. The first-order chi connectivity index (χ1) is 18.6. The molecule has 0 aliphatic carbocycles. The van der Waals surface area contributed by atoms with Crippen LogP contribution in [-0.4, -0.2) is 61.2 Å². The lowest BCUT2D eigenvalue weighted by molar-refractivity contribution is -0.192. The molecule has 17 heteroatoms. The molecule has 1 aromatic heterocycles. The van der Waals surface area contributed by atoms with Crippen LogP contribution in [0.2, 0.25) is 0 Å². The number of halogens is 3. The van der Waals surface area contributed by atoms with Gasteiger partial charge in [-0.1, -0.05) is 36.4 Å². The van der Waals surface area contributed by atoms with Crippen molar-refractivity contribution in [3.8, 4) is 10.4 Å². The van der Waals surface area contributed by atoms with E-state index in [9.17, 15) is 36.3 Å². The van der Waals surface area contributed by atoms with E-state index in [2.05, 4.69) is 15.0 Å². The molecular formula is C23H22F3N5O7S2. The lowest BCUT2D eigenvalue weighted by Gasteiger charge is -2.15. The Kier molecular flexibility index (Phi) is 10.7. The van der Waals surface area contributed by atoms with Gasteiger partial charge in [0, 0.05) is 17.0 Å². The zero-order chi connectivity index (χ0) is 30.1. The molecule has 0 unspecified atom stereocenters. The number of amides is 1. The Balaban J connectivity index is 0.000000708. The van der Waals surface area contributed by atoms with E-state index in [-0.39, 0.29) is 10.9 Å². The number of thiophene rings is 1. The third kappa shape index (κ3) is 9.37. The third-order valence-corrected chi connectivity index (χ3v) is 7.21. The number of para-hydroxylation sites is 1. The van der Waals surface area contributed by atoms with Crippen molar-refractivity contribution in [2.45, 2.75) is 17.1 Å². The van der Waals surface area contributed by atoms with E-state index in [1.165, 1.54) is 24.3 Å². The Bertz CT molecular complexity index is 1490. The molecule has 0 saturated heterocycles. The molecule has 0 saturated carbocycles. The van der Waals surface area contributed by atoms with Gasteiger partial charge in [-0.3, -0.25) is 9.59 Å². The predicted molar refractivity (Wildman–Crippen MR) is 139 cm³/mol. The monoisotopic (exact) mass is 601 g/mol. The number of hydrogen-bond donors (Lipinski definition) is 6. The van der Waals surface area contributed by atoms with Crippen molar-refractivity contribution in [2.24, 2.45) is 16.5 Å². The number of carboxylic acid groups (broad SMARTS) is 2. The van der Waals surface area contributed by atoms with Crippen LogP contribution >= 0.6 is 11.3 Å². The van der Waals surface area contributed by atoms with Crippen LogP contribution in [0.3, 0.4) is 0 Å².